The van der Waals surface area contributed by atoms with E-state index in [2.05, 4.69) is 0 Å². The monoisotopic (exact) mass is 379 g/mol. The number of hydrogen-bond acceptors (Lipinski definition) is 4. The van der Waals surface area contributed by atoms with Crippen molar-refractivity contribution in [2.24, 2.45) is 5.73 Å². The van der Waals surface area contributed by atoms with Gasteiger partial charge in [-0.25, -0.2) is 8.42 Å². The standard InChI is InChI=1S/C19H29N3O3S/c20-15-17-5-1-2-14-22(17)19(23)11-8-16-6-9-18(10-7-16)26(24,25)21-12-3-4-13-21/h6-7,9-10,17H,1-5,8,11-15,20H2. The number of carbonyl (C=O) groups excluding carboxylic acids is 1. The van der Waals surface area contributed by atoms with E-state index in [1.807, 2.05) is 17.0 Å². The molecule has 1 aromatic carbocycles. The predicted molar refractivity (Wildman–Crippen MR) is 101 cm³/mol. The van der Waals surface area contributed by atoms with Crippen LogP contribution in [0.15, 0.2) is 29.2 Å². The van der Waals surface area contributed by atoms with E-state index in [-0.39, 0.29) is 11.9 Å². The van der Waals surface area contributed by atoms with Gasteiger partial charge in [0.15, 0.2) is 0 Å². The molecule has 2 aliphatic rings. The number of rotatable bonds is 6. The van der Waals surface area contributed by atoms with Crippen LogP contribution in [0.3, 0.4) is 0 Å². The Kier molecular flexibility index (Phi) is 6.32. The van der Waals surface area contributed by atoms with Crippen LogP contribution in [0.25, 0.3) is 0 Å². The molecule has 0 aliphatic carbocycles. The number of piperidine rings is 1. The summed E-state index contributed by atoms with van der Waals surface area (Å²) in [4.78, 5) is 14.8. The molecule has 1 aromatic rings. The van der Waals surface area contributed by atoms with Crippen LogP contribution in [0, 0.1) is 0 Å². The minimum absolute atomic E-state index is 0.147. The Labute approximate surface area is 156 Å². The zero-order valence-corrected chi connectivity index (χ0v) is 16.1. The Hall–Kier alpha value is -1.44. The number of nitrogens with zero attached hydrogens (tertiary/aromatic N) is 2. The van der Waals surface area contributed by atoms with Crippen LogP contribution in [0.5, 0.6) is 0 Å². The fourth-order valence-electron chi connectivity index (χ4n) is 3.87. The van der Waals surface area contributed by atoms with Crippen molar-refractivity contribution in [1.29, 1.82) is 0 Å². The SMILES string of the molecule is NCC1CCCCN1C(=O)CCc1ccc(S(=O)(=O)N2CCCC2)cc1. The van der Waals surface area contributed by atoms with Crippen molar-refractivity contribution in [2.45, 2.75) is 55.9 Å². The molecule has 1 amide bonds. The number of aryl methyl sites for hydroxylation is 1. The van der Waals surface area contributed by atoms with Crippen LogP contribution in [-0.4, -0.2) is 55.8 Å². The molecule has 2 heterocycles. The van der Waals surface area contributed by atoms with E-state index in [9.17, 15) is 13.2 Å². The first-order valence-corrected chi connectivity index (χ1v) is 11.0. The lowest BCUT2D eigenvalue weighted by Gasteiger charge is -2.35. The van der Waals surface area contributed by atoms with Gasteiger partial charge in [-0.1, -0.05) is 12.1 Å². The van der Waals surface area contributed by atoms with E-state index in [0.29, 0.717) is 37.4 Å². The second kappa shape index (κ2) is 8.50. The van der Waals surface area contributed by atoms with Crippen molar-refractivity contribution in [3.8, 4) is 0 Å². The van der Waals surface area contributed by atoms with Crippen LogP contribution in [0.2, 0.25) is 0 Å². The maximum Gasteiger partial charge on any atom is 0.243 e. The van der Waals surface area contributed by atoms with Gasteiger partial charge in [0.25, 0.3) is 0 Å². The average Bonchev–Trinajstić information content (AvgIpc) is 3.22. The molecule has 0 bridgehead atoms. The van der Waals surface area contributed by atoms with Gasteiger partial charge < -0.3 is 10.6 Å². The summed E-state index contributed by atoms with van der Waals surface area (Å²) < 4.78 is 26.6. The zero-order chi connectivity index (χ0) is 18.6. The third-order valence-corrected chi connectivity index (χ3v) is 7.39. The van der Waals surface area contributed by atoms with Crippen molar-refractivity contribution in [3.05, 3.63) is 29.8 Å². The zero-order valence-electron chi connectivity index (χ0n) is 15.3. The molecule has 2 N–H and O–H groups in total. The van der Waals surface area contributed by atoms with Crippen LogP contribution >= 0.6 is 0 Å². The molecular weight excluding hydrogens is 350 g/mol. The average molecular weight is 380 g/mol. The van der Waals surface area contributed by atoms with Crippen molar-refractivity contribution >= 4 is 15.9 Å². The molecule has 2 fully saturated rings. The molecule has 2 aliphatic heterocycles. The lowest BCUT2D eigenvalue weighted by molar-refractivity contribution is -0.134. The van der Waals surface area contributed by atoms with E-state index in [1.54, 1.807) is 16.4 Å². The van der Waals surface area contributed by atoms with E-state index in [1.165, 1.54) is 0 Å². The molecule has 0 spiro atoms. The van der Waals surface area contributed by atoms with Crippen molar-refractivity contribution in [2.75, 3.05) is 26.2 Å². The first-order chi connectivity index (χ1) is 12.5. The number of nitrogens with two attached hydrogens (primary N) is 1. The van der Waals surface area contributed by atoms with E-state index >= 15 is 0 Å². The first kappa shape index (κ1) is 19.3. The highest BCUT2D eigenvalue weighted by Crippen LogP contribution is 2.22. The third-order valence-electron chi connectivity index (χ3n) is 5.47. The molecule has 0 radical (unpaired) electrons. The molecule has 2 saturated heterocycles. The Morgan fingerprint density at radius 3 is 2.35 bits per heavy atom. The predicted octanol–water partition coefficient (Wildman–Crippen LogP) is 1.74. The minimum atomic E-state index is -3.37. The molecule has 1 unspecified atom stereocenters. The maximum atomic E-state index is 12.5. The van der Waals surface area contributed by atoms with E-state index in [0.717, 1.165) is 44.2 Å². The summed E-state index contributed by atoms with van der Waals surface area (Å²) in [6, 6.07) is 7.15. The smallest absolute Gasteiger partial charge is 0.243 e. The highest BCUT2D eigenvalue weighted by atomic mass is 32.2. The van der Waals surface area contributed by atoms with Crippen LogP contribution < -0.4 is 5.73 Å². The summed E-state index contributed by atoms with van der Waals surface area (Å²) in [6.45, 7) is 2.54. The second-order valence-electron chi connectivity index (χ2n) is 7.23. The summed E-state index contributed by atoms with van der Waals surface area (Å²) in [5, 5.41) is 0. The number of sulfonamides is 1. The van der Waals surface area contributed by atoms with Crippen molar-refractivity contribution in [3.63, 3.8) is 0 Å². The summed E-state index contributed by atoms with van der Waals surface area (Å²) in [5.41, 5.74) is 6.78. The maximum absolute atomic E-state index is 12.5. The highest BCUT2D eigenvalue weighted by molar-refractivity contribution is 7.89. The number of likely N-dealkylation sites (tertiary alicyclic amines) is 1. The largest absolute Gasteiger partial charge is 0.338 e. The third kappa shape index (κ3) is 4.27. The van der Waals surface area contributed by atoms with Gasteiger partial charge in [-0.2, -0.15) is 4.31 Å². The number of benzene rings is 1. The molecule has 144 valence electrons. The fraction of sp³-hybridized carbons (Fsp3) is 0.632. The lowest BCUT2D eigenvalue weighted by Crippen LogP contribution is -2.47. The van der Waals surface area contributed by atoms with Gasteiger partial charge in [0.1, 0.15) is 0 Å². The number of carbonyl (C=O) groups is 1. The van der Waals surface area contributed by atoms with Gasteiger partial charge in [-0.05, 0) is 56.2 Å². The quantitative estimate of drug-likeness (QED) is 0.816. The first-order valence-electron chi connectivity index (χ1n) is 9.61. The highest BCUT2D eigenvalue weighted by Gasteiger charge is 2.27. The molecular formula is C19H29N3O3S. The van der Waals surface area contributed by atoms with Gasteiger partial charge in [-0.15, -0.1) is 0 Å². The minimum Gasteiger partial charge on any atom is -0.338 e. The number of hydrogen-bond donors (Lipinski definition) is 1. The molecule has 3 rings (SSSR count). The molecule has 26 heavy (non-hydrogen) atoms. The van der Waals surface area contributed by atoms with Crippen LogP contribution in [-0.2, 0) is 21.2 Å². The van der Waals surface area contributed by atoms with Gasteiger partial charge >= 0.3 is 0 Å². The van der Waals surface area contributed by atoms with Crippen molar-refractivity contribution < 1.29 is 13.2 Å². The van der Waals surface area contributed by atoms with Crippen molar-refractivity contribution in [1.82, 2.24) is 9.21 Å². The number of amides is 1. The fourth-order valence-corrected chi connectivity index (χ4v) is 5.39. The van der Waals surface area contributed by atoms with Gasteiger partial charge in [0.2, 0.25) is 15.9 Å². The Morgan fingerprint density at radius 1 is 1.04 bits per heavy atom. The van der Waals surface area contributed by atoms with Crippen LogP contribution in [0.1, 0.15) is 44.1 Å². The van der Waals surface area contributed by atoms with Gasteiger partial charge in [0.05, 0.1) is 4.90 Å². The van der Waals surface area contributed by atoms with Gasteiger partial charge in [0, 0.05) is 38.6 Å². The van der Waals surface area contributed by atoms with E-state index in [4.69, 9.17) is 5.73 Å². The summed E-state index contributed by atoms with van der Waals surface area (Å²) in [5.74, 6) is 0.147. The van der Waals surface area contributed by atoms with E-state index < -0.39 is 10.0 Å². The van der Waals surface area contributed by atoms with Crippen LogP contribution in [0.4, 0.5) is 0 Å². The summed E-state index contributed by atoms with van der Waals surface area (Å²) in [6.07, 6.45) is 6.10. The summed E-state index contributed by atoms with van der Waals surface area (Å²) >= 11 is 0. The second-order valence-corrected chi connectivity index (χ2v) is 9.17. The topological polar surface area (TPSA) is 83.7 Å². The molecule has 1 atom stereocenters. The molecule has 6 nitrogen and oxygen atoms in total. The Bertz CT molecular complexity index is 712. The Morgan fingerprint density at radius 2 is 1.69 bits per heavy atom. The lowest BCUT2D eigenvalue weighted by atomic mass is 10.0. The molecule has 0 aromatic heterocycles. The normalized spacial score (nSPS) is 21.9. The Balaban J connectivity index is 1.58. The molecule has 0 saturated carbocycles. The summed E-state index contributed by atoms with van der Waals surface area (Å²) in [7, 11) is -3.37. The van der Waals surface area contributed by atoms with Gasteiger partial charge in [-0.3, -0.25) is 4.79 Å². The molecule has 7 heteroatoms.